The predicted molar refractivity (Wildman–Crippen MR) is 98.2 cm³/mol. The number of halogens is 1. The Morgan fingerprint density at radius 2 is 1.76 bits per heavy atom. The van der Waals surface area contributed by atoms with Crippen LogP contribution in [0.2, 0.25) is 0 Å². The molecular formula is C20H25FN2O2. The molecule has 134 valence electrons. The molecule has 5 heteroatoms. The van der Waals surface area contributed by atoms with Crippen molar-refractivity contribution in [3.63, 3.8) is 0 Å². The number of methoxy groups -OCH3 is 1. The van der Waals surface area contributed by atoms with Gasteiger partial charge in [0, 0.05) is 13.6 Å². The Hall–Kier alpha value is -2.40. The number of hydrogen-bond donors (Lipinski definition) is 1. The molecule has 0 spiro atoms. The van der Waals surface area contributed by atoms with E-state index in [0.29, 0.717) is 18.7 Å². The second kappa shape index (κ2) is 7.66. The van der Waals surface area contributed by atoms with Gasteiger partial charge in [-0.2, -0.15) is 0 Å². The van der Waals surface area contributed by atoms with Gasteiger partial charge in [-0.1, -0.05) is 32.0 Å². The number of rotatable bonds is 6. The first-order valence-corrected chi connectivity index (χ1v) is 8.17. The molecule has 0 saturated carbocycles. The zero-order chi connectivity index (χ0) is 18.6. The molecule has 0 saturated heterocycles. The highest BCUT2D eigenvalue weighted by atomic mass is 19.1. The molecule has 0 unspecified atom stereocenters. The Bertz CT molecular complexity index is 742. The minimum absolute atomic E-state index is 0.0626. The Balaban J connectivity index is 2.22. The summed E-state index contributed by atoms with van der Waals surface area (Å²) in [7, 11) is 3.26. The summed E-state index contributed by atoms with van der Waals surface area (Å²) in [5.41, 5.74) is 7.12. The number of carbonyl (C=O) groups excluding carboxylic acids is 1. The number of amides is 1. The maximum atomic E-state index is 14.5. The van der Waals surface area contributed by atoms with Gasteiger partial charge in [-0.05, 0) is 47.4 Å². The van der Waals surface area contributed by atoms with Gasteiger partial charge in [0.1, 0.15) is 11.6 Å². The number of hydrogen-bond acceptors (Lipinski definition) is 3. The van der Waals surface area contributed by atoms with E-state index >= 15 is 0 Å². The van der Waals surface area contributed by atoms with Crippen LogP contribution in [-0.2, 0) is 0 Å². The molecule has 4 nitrogen and oxygen atoms in total. The third-order valence-electron chi connectivity index (χ3n) is 4.19. The van der Waals surface area contributed by atoms with Gasteiger partial charge >= 0.3 is 0 Å². The first-order chi connectivity index (χ1) is 11.8. The van der Waals surface area contributed by atoms with Crippen molar-refractivity contribution >= 4 is 5.91 Å². The minimum Gasteiger partial charge on any atom is -0.497 e. The lowest BCUT2D eigenvalue weighted by atomic mass is 9.93. The molecule has 0 bridgehead atoms. The van der Waals surface area contributed by atoms with E-state index in [-0.39, 0.29) is 16.9 Å². The van der Waals surface area contributed by atoms with Gasteiger partial charge in [0.15, 0.2) is 0 Å². The van der Waals surface area contributed by atoms with E-state index in [1.807, 2.05) is 38.1 Å². The monoisotopic (exact) mass is 344 g/mol. The molecule has 2 aromatic carbocycles. The highest BCUT2D eigenvalue weighted by Crippen LogP contribution is 2.25. The van der Waals surface area contributed by atoms with E-state index < -0.39 is 5.82 Å². The van der Waals surface area contributed by atoms with Crippen molar-refractivity contribution in [1.29, 1.82) is 0 Å². The van der Waals surface area contributed by atoms with Crippen molar-refractivity contribution in [2.45, 2.75) is 13.8 Å². The van der Waals surface area contributed by atoms with Crippen LogP contribution in [0.3, 0.4) is 0 Å². The minimum atomic E-state index is -0.532. The number of benzene rings is 2. The molecule has 1 amide bonds. The van der Waals surface area contributed by atoms with Gasteiger partial charge in [0.05, 0.1) is 12.7 Å². The summed E-state index contributed by atoms with van der Waals surface area (Å²) in [5, 5.41) is 0. The third kappa shape index (κ3) is 4.57. The van der Waals surface area contributed by atoms with Crippen LogP contribution in [0.5, 0.6) is 5.75 Å². The molecule has 0 aliphatic carbocycles. The Labute approximate surface area is 148 Å². The second-order valence-electron chi connectivity index (χ2n) is 6.95. The molecule has 0 aliphatic rings. The van der Waals surface area contributed by atoms with E-state index in [1.165, 1.54) is 17.0 Å². The number of carbonyl (C=O) groups is 1. The van der Waals surface area contributed by atoms with Crippen LogP contribution < -0.4 is 10.5 Å². The molecule has 2 N–H and O–H groups in total. The van der Waals surface area contributed by atoms with Crippen molar-refractivity contribution < 1.29 is 13.9 Å². The Morgan fingerprint density at radius 1 is 1.16 bits per heavy atom. The molecular weight excluding hydrogens is 319 g/mol. The largest absolute Gasteiger partial charge is 0.497 e. The van der Waals surface area contributed by atoms with Crippen LogP contribution in [0.1, 0.15) is 24.2 Å². The number of nitrogens with two attached hydrogens (primary N) is 1. The van der Waals surface area contributed by atoms with Crippen LogP contribution in [0.25, 0.3) is 11.1 Å². The molecule has 0 aliphatic heterocycles. The topological polar surface area (TPSA) is 55.6 Å². The fraction of sp³-hybridized carbons (Fsp3) is 0.350. The van der Waals surface area contributed by atoms with Gasteiger partial charge in [-0.25, -0.2) is 4.39 Å². The average Bonchev–Trinajstić information content (AvgIpc) is 2.60. The normalized spacial score (nSPS) is 11.3. The molecule has 0 fully saturated rings. The number of nitrogens with zero attached hydrogens (tertiary/aromatic N) is 1. The smallest absolute Gasteiger partial charge is 0.256 e. The van der Waals surface area contributed by atoms with Gasteiger partial charge in [-0.15, -0.1) is 0 Å². The standard InChI is InChI=1S/C20H25FN2O2/c1-20(2,12-22)13-23(3)19(24)17-10-7-15(11-18(17)21)14-5-8-16(25-4)9-6-14/h5-11H,12-13,22H2,1-4H3. The fourth-order valence-electron chi connectivity index (χ4n) is 2.64. The lowest BCUT2D eigenvalue weighted by Crippen LogP contribution is -2.40. The first kappa shape index (κ1) is 18.9. The number of ether oxygens (including phenoxy) is 1. The van der Waals surface area contributed by atoms with Crippen molar-refractivity contribution in [3.05, 3.63) is 53.8 Å². The highest BCUT2D eigenvalue weighted by Gasteiger charge is 2.23. The summed E-state index contributed by atoms with van der Waals surface area (Å²) < 4.78 is 19.6. The molecule has 0 aromatic heterocycles. The highest BCUT2D eigenvalue weighted by molar-refractivity contribution is 5.95. The summed E-state index contributed by atoms with van der Waals surface area (Å²) in [6.07, 6.45) is 0. The fourth-order valence-corrected chi connectivity index (χ4v) is 2.64. The molecule has 0 radical (unpaired) electrons. The van der Waals surface area contributed by atoms with Crippen molar-refractivity contribution in [2.24, 2.45) is 11.1 Å². The van der Waals surface area contributed by atoms with Crippen LogP contribution >= 0.6 is 0 Å². The van der Waals surface area contributed by atoms with Gasteiger partial charge < -0.3 is 15.4 Å². The van der Waals surface area contributed by atoms with Gasteiger partial charge in [0.25, 0.3) is 5.91 Å². The third-order valence-corrected chi connectivity index (χ3v) is 4.19. The lowest BCUT2D eigenvalue weighted by molar-refractivity contribution is 0.0736. The first-order valence-electron chi connectivity index (χ1n) is 8.17. The van der Waals surface area contributed by atoms with E-state index in [1.54, 1.807) is 20.2 Å². The summed E-state index contributed by atoms with van der Waals surface area (Å²) >= 11 is 0. The van der Waals surface area contributed by atoms with Crippen molar-refractivity contribution in [2.75, 3.05) is 27.2 Å². The molecule has 2 aromatic rings. The van der Waals surface area contributed by atoms with Crippen LogP contribution in [0.15, 0.2) is 42.5 Å². The molecule has 0 heterocycles. The molecule has 25 heavy (non-hydrogen) atoms. The summed E-state index contributed by atoms with van der Waals surface area (Å²) in [4.78, 5) is 14.0. The second-order valence-corrected chi connectivity index (χ2v) is 6.95. The summed E-state index contributed by atoms with van der Waals surface area (Å²) in [6, 6.07) is 12.0. The summed E-state index contributed by atoms with van der Waals surface area (Å²) in [5.74, 6) is -0.142. The van der Waals surface area contributed by atoms with E-state index in [2.05, 4.69) is 0 Å². The lowest BCUT2D eigenvalue weighted by Gasteiger charge is -2.29. The molecule has 0 atom stereocenters. The van der Waals surface area contributed by atoms with Crippen LogP contribution in [0.4, 0.5) is 4.39 Å². The van der Waals surface area contributed by atoms with E-state index in [0.717, 1.165) is 11.3 Å². The van der Waals surface area contributed by atoms with Gasteiger partial charge in [-0.3, -0.25) is 4.79 Å². The van der Waals surface area contributed by atoms with Crippen molar-refractivity contribution in [1.82, 2.24) is 4.90 Å². The zero-order valence-electron chi connectivity index (χ0n) is 15.2. The van der Waals surface area contributed by atoms with Crippen molar-refractivity contribution in [3.8, 4) is 16.9 Å². The Kier molecular flexibility index (Phi) is 5.80. The SMILES string of the molecule is COc1ccc(-c2ccc(C(=O)N(C)CC(C)(C)CN)c(F)c2)cc1. The van der Waals surface area contributed by atoms with Crippen LogP contribution in [0, 0.1) is 11.2 Å². The van der Waals surface area contributed by atoms with E-state index in [9.17, 15) is 9.18 Å². The summed E-state index contributed by atoms with van der Waals surface area (Å²) in [6.45, 7) is 4.85. The van der Waals surface area contributed by atoms with E-state index in [4.69, 9.17) is 10.5 Å². The Morgan fingerprint density at radius 3 is 2.28 bits per heavy atom. The van der Waals surface area contributed by atoms with Crippen LogP contribution in [-0.4, -0.2) is 38.1 Å². The predicted octanol–water partition coefficient (Wildman–Crippen LogP) is 3.56. The maximum Gasteiger partial charge on any atom is 0.256 e. The van der Waals surface area contributed by atoms with Gasteiger partial charge in [0.2, 0.25) is 0 Å². The zero-order valence-corrected chi connectivity index (χ0v) is 15.2. The maximum absolute atomic E-state index is 14.5. The molecule has 2 rings (SSSR count). The quantitative estimate of drug-likeness (QED) is 0.872. The average molecular weight is 344 g/mol.